The van der Waals surface area contributed by atoms with Gasteiger partial charge >= 0.3 is 5.97 Å². The standard InChI is InChI=1S/C11H11FO3/c1-15-11(14)9-5-8(9)7-3-2-6(13)4-10(7)12/h2-4,8-9,13H,5H2,1H3. The Kier molecular flexibility index (Phi) is 2.34. The first kappa shape index (κ1) is 9.96. The summed E-state index contributed by atoms with van der Waals surface area (Å²) in [6.45, 7) is 0. The molecular weight excluding hydrogens is 199 g/mol. The fraction of sp³-hybridized carbons (Fsp3) is 0.364. The molecule has 0 amide bonds. The molecule has 80 valence electrons. The molecule has 0 saturated heterocycles. The van der Waals surface area contributed by atoms with Gasteiger partial charge in [-0.05, 0) is 18.1 Å². The van der Waals surface area contributed by atoms with Gasteiger partial charge in [0, 0.05) is 12.0 Å². The van der Waals surface area contributed by atoms with Crippen LogP contribution in [0.1, 0.15) is 17.9 Å². The highest BCUT2D eigenvalue weighted by Crippen LogP contribution is 2.49. The maximum atomic E-state index is 13.4. The van der Waals surface area contributed by atoms with Crippen molar-refractivity contribution in [1.29, 1.82) is 0 Å². The lowest BCUT2D eigenvalue weighted by Crippen LogP contribution is -2.04. The van der Waals surface area contributed by atoms with Crippen molar-refractivity contribution in [2.24, 2.45) is 5.92 Å². The SMILES string of the molecule is COC(=O)C1CC1c1ccc(O)cc1F. The summed E-state index contributed by atoms with van der Waals surface area (Å²) in [5.41, 5.74) is 0.475. The number of rotatable bonds is 2. The molecular formula is C11H11FO3. The molecule has 3 nitrogen and oxygen atoms in total. The molecule has 1 saturated carbocycles. The van der Waals surface area contributed by atoms with E-state index >= 15 is 0 Å². The lowest BCUT2D eigenvalue weighted by atomic mass is 10.1. The fourth-order valence-corrected chi connectivity index (χ4v) is 1.77. The number of phenols is 1. The number of halogens is 1. The van der Waals surface area contributed by atoms with E-state index in [0.29, 0.717) is 12.0 Å². The zero-order valence-electron chi connectivity index (χ0n) is 8.24. The van der Waals surface area contributed by atoms with E-state index in [0.717, 1.165) is 6.07 Å². The average molecular weight is 210 g/mol. The number of hydrogen-bond acceptors (Lipinski definition) is 3. The summed E-state index contributed by atoms with van der Waals surface area (Å²) in [4.78, 5) is 11.1. The van der Waals surface area contributed by atoms with E-state index in [1.54, 1.807) is 0 Å². The average Bonchev–Trinajstić information content (AvgIpc) is 2.96. The minimum Gasteiger partial charge on any atom is -0.508 e. The Balaban J connectivity index is 2.16. The van der Waals surface area contributed by atoms with E-state index in [9.17, 15) is 9.18 Å². The number of carbonyl (C=O) groups is 1. The van der Waals surface area contributed by atoms with Crippen LogP contribution in [0.15, 0.2) is 18.2 Å². The van der Waals surface area contributed by atoms with Crippen LogP contribution in [0.2, 0.25) is 0 Å². The van der Waals surface area contributed by atoms with Crippen LogP contribution < -0.4 is 0 Å². The van der Waals surface area contributed by atoms with Gasteiger partial charge in [0.25, 0.3) is 0 Å². The van der Waals surface area contributed by atoms with Crippen molar-refractivity contribution >= 4 is 5.97 Å². The van der Waals surface area contributed by atoms with E-state index in [1.807, 2.05) is 0 Å². The molecule has 1 aliphatic carbocycles. The summed E-state index contributed by atoms with van der Waals surface area (Å²) in [7, 11) is 1.32. The summed E-state index contributed by atoms with van der Waals surface area (Å²) < 4.78 is 17.9. The zero-order valence-corrected chi connectivity index (χ0v) is 8.24. The number of esters is 1. The van der Waals surface area contributed by atoms with Crippen LogP contribution in [0.4, 0.5) is 4.39 Å². The smallest absolute Gasteiger partial charge is 0.309 e. The first-order valence-electron chi connectivity index (χ1n) is 4.69. The number of ether oxygens (including phenoxy) is 1. The van der Waals surface area contributed by atoms with Gasteiger partial charge < -0.3 is 9.84 Å². The molecule has 1 aromatic rings. The molecule has 1 aliphatic rings. The molecule has 0 heterocycles. The molecule has 2 unspecified atom stereocenters. The third-order valence-corrected chi connectivity index (χ3v) is 2.68. The topological polar surface area (TPSA) is 46.5 Å². The quantitative estimate of drug-likeness (QED) is 0.757. The van der Waals surface area contributed by atoms with E-state index in [2.05, 4.69) is 4.74 Å². The molecule has 1 N–H and O–H groups in total. The van der Waals surface area contributed by atoms with Crippen molar-refractivity contribution in [1.82, 2.24) is 0 Å². The molecule has 0 radical (unpaired) electrons. The molecule has 0 spiro atoms. The Morgan fingerprint density at radius 2 is 2.33 bits per heavy atom. The molecule has 0 aliphatic heterocycles. The van der Waals surface area contributed by atoms with Crippen molar-refractivity contribution in [3.8, 4) is 5.75 Å². The van der Waals surface area contributed by atoms with Crippen LogP contribution in [0, 0.1) is 11.7 Å². The number of methoxy groups -OCH3 is 1. The van der Waals surface area contributed by atoms with Crippen LogP contribution in [0.5, 0.6) is 5.75 Å². The fourth-order valence-electron chi connectivity index (χ4n) is 1.77. The van der Waals surface area contributed by atoms with Crippen LogP contribution in [-0.2, 0) is 9.53 Å². The van der Waals surface area contributed by atoms with Gasteiger partial charge in [0.1, 0.15) is 11.6 Å². The molecule has 4 heteroatoms. The van der Waals surface area contributed by atoms with E-state index in [-0.39, 0.29) is 23.6 Å². The summed E-state index contributed by atoms with van der Waals surface area (Å²) in [6, 6.07) is 3.99. The second-order valence-corrected chi connectivity index (χ2v) is 3.68. The second-order valence-electron chi connectivity index (χ2n) is 3.68. The monoisotopic (exact) mass is 210 g/mol. The molecule has 0 bridgehead atoms. The molecule has 2 atom stereocenters. The zero-order chi connectivity index (χ0) is 11.0. The number of benzene rings is 1. The predicted octanol–water partition coefficient (Wildman–Crippen LogP) is 1.81. The molecule has 0 aromatic heterocycles. The van der Waals surface area contributed by atoms with Gasteiger partial charge in [0.15, 0.2) is 0 Å². The van der Waals surface area contributed by atoms with Gasteiger partial charge in [0.2, 0.25) is 0 Å². The van der Waals surface area contributed by atoms with Crippen LogP contribution in [0.25, 0.3) is 0 Å². The van der Waals surface area contributed by atoms with Crippen molar-refractivity contribution in [2.75, 3.05) is 7.11 Å². The lowest BCUT2D eigenvalue weighted by Gasteiger charge is -2.02. The number of phenolic OH excluding ortho intramolecular Hbond substituents is 1. The Bertz CT molecular complexity index is 403. The summed E-state index contributed by atoms with van der Waals surface area (Å²) in [5, 5.41) is 9.03. The van der Waals surface area contributed by atoms with E-state index in [1.165, 1.54) is 19.2 Å². The molecule has 15 heavy (non-hydrogen) atoms. The highest BCUT2D eigenvalue weighted by molar-refractivity contribution is 5.77. The summed E-state index contributed by atoms with van der Waals surface area (Å²) in [5.74, 6) is -1.20. The Labute approximate surface area is 86.5 Å². The van der Waals surface area contributed by atoms with Gasteiger partial charge in [-0.1, -0.05) is 6.07 Å². The highest BCUT2D eigenvalue weighted by atomic mass is 19.1. The molecule has 1 fully saturated rings. The predicted molar refractivity (Wildman–Crippen MR) is 50.9 cm³/mol. The third-order valence-electron chi connectivity index (χ3n) is 2.68. The Hall–Kier alpha value is -1.58. The van der Waals surface area contributed by atoms with Crippen LogP contribution >= 0.6 is 0 Å². The van der Waals surface area contributed by atoms with Crippen LogP contribution in [0.3, 0.4) is 0 Å². The minimum atomic E-state index is -0.466. The lowest BCUT2D eigenvalue weighted by molar-refractivity contribution is -0.142. The van der Waals surface area contributed by atoms with Gasteiger partial charge in [-0.15, -0.1) is 0 Å². The first-order valence-corrected chi connectivity index (χ1v) is 4.69. The summed E-state index contributed by atoms with van der Waals surface area (Å²) in [6.07, 6.45) is 0.619. The Morgan fingerprint density at radius 3 is 2.93 bits per heavy atom. The first-order chi connectivity index (χ1) is 7.13. The minimum absolute atomic E-state index is 0.0990. The van der Waals surface area contributed by atoms with Crippen molar-refractivity contribution in [3.63, 3.8) is 0 Å². The Morgan fingerprint density at radius 1 is 1.60 bits per heavy atom. The maximum absolute atomic E-state index is 13.4. The third kappa shape index (κ3) is 1.79. The van der Waals surface area contributed by atoms with E-state index < -0.39 is 5.82 Å². The van der Waals surface area contributed by atoms with Crippen LogP contribution in [-0.4, -0.2) is 18.2 Å². The van der Waals surface area contributed by atoms with E-state index in [4.69, 9.17) is 5.11 Å². The molecule has 2 rings (SSSR count). The summed E-state index contributed by atoms with van der Waals surface area (Å²) >= 11 is 0. The van der Waals surface area contributed by atoms with Crippen molar-refractivity contribution < 1.29 is 19.0 Å². The van der Waals surface area contributed by atoms with Gasteiger partial charge in [0.05, 0.1) is 13.0 Å². The molecule has 1 aromatic carbocycles. The second kappa shape index (κ2) is 3.53. The number of carbonyl (C=O) groups excluding carboxylic acids is 1. The van der Waals surface area contributed by atoms with Gasteiger partial charge in [-0.3, -0.25) is 4.79 Å². The van der Waals surface area contributed by atoms with Gasteiger partial charge in [-0.25, -0.2) is 4.39 Å². The van der Waals surface area contributed by atoms with Crippen molar-refractivity contribution in [3.05, 3.63) is 29.6 Å². The largest absolute Gasteiger partial charge is 0.508 e. The number of hydrogen-bond donors (Lipinski definition) is 1. The normalized spacial score (nSPS) is 23.6. The van der Waals surface area contributed by atoms with Crippen molar-refractivity contribution in [2.45, 2.75) is 12.3 Å². The van der Waals surface area contributed by atoms with Gasteiger partial charge in [-0.2, -0.15) is 0 Å². The highest BCUT2D eigenvalue weighted by Gasteiger charge is 2.46. The number of aromatic hydroxyl groups is 1. The maximum Gasteiger partial charge on any atom is 0.309 e.